The maximum Gasteiger partial charge on any atom is 0.270 e. The molecule has 0 aliphatic carbocycles. The van der Waals surface area contributed by atoms with Crippen molar-refractivity contribution in [2.75, 3.05) is 19.6 Å². The fourth-order valence-corrected chi connectivity index (χ4v) is 4.50. The minimum Gasteiger partial charge on any atom is -0.391 e. The lowest BCUT2D eigenvalue weighted by atomic mass is 9.69. The molecular weight excluding hydrogens is 354 g/mol. The summed E-state index contributed by atoms with van der Waals surface area (Å²) in [6.45, 7) is 3.28. The maximum absolute atomic E-state index is 13.0. The molecule has 3 heterocycles. The van der Waals surface area contributed by atoms with Crippen molar-refractivity contribution in [3.63, 3.8) is 0 Å². The summed E-state index contributed by atoms with van der Waals surface area (Å²) in [6.07, 6.45) is 1.05. The molecule has 3 N–H and O–H groups in total. The number of rotatable bonds is 1. The normalized spacial score (nSPS) is 22.7. The number of carbonyl (C=O) groups is 2. The number of aliphatic hydroxyl groups is 1. The van der Waals surface area contributed by atoms with Gasteiger partial charge in [-0.05, 0) is 31.4 Å². The number of benzene rings is 1. The number of carbonyl (C=O) groups excluding carboxylic acids is 2. The van der Waals surface area contributed by atoms with Crippen molar-refractivity contribution in [2.24, 2.45) is 5.41 Å². The number of amides is 2. The summed E-state index contributed by atoms with van der Waals surface area (Å²) in [7, 11) is 0. The first-order valence-electron chi connectivity index (χ1n) is 8.92. The van der Waals surface area contributed by atoms with Crippen molar-refractivity contribution in [2.45, 2.75) is 32.3 Å². The molecule has 1 atom stereocenters. The van der Waals surface area contributed by atoms with Gasteiger partial charge in [0.1, 0.15) is 5.69 Å². The van der Waals surface area contributed by atoms with Gasteiger partial charge in [-0.15, -0.1) is 0 Å². The van der Waals surface area contributed by atoms with Crippen molar-refractivity contribution >= 4 is 34.3 Å². The molecule has 2 amide bonds. The molecule has 0 radical (unpaired) electrons. The van der Waals surface area contributed by atoms with Gasteiger partial charge in [-0.25, -0.2) is 0 Å². The molecule has 2 aliphatic rings. The van der Waals surface area contributed by atoms with Crippen LogP contribution in [0, 0.1) is 12.3 Å². The predicted molar refractivity (Wildman–Crippen MR) is 99.2 cm³/mol. The summed E-state index contributed by atoms with van der Waals surface area (Å²) in [6, 6.07) is 5.63. The Morgan fingerprint density at radius 1 is 1.35 bits per heavy atom. The van der Waals surface area contributed by atoms with Gasteiger partial charge in [-0.2, -0.15) is 0 Å². The van der Waals surface area contributed by atoms with Gasteiger partial charge >= 0.3 is 0 Å². The Balaban J connectivity index is 1.55. The highest BCUT2D eigenvalue weighted by atomic mass is 35.5. The van der Waals surface area contributed by atoms with Crippen LogP contribution in [0.2, 0.25) is 5.02 Å². The summed E-state index contributed by atoms with van der Waals surface area (Å²) in [5, 5.41) is 14.6. The molecule has 1 aromatic heterocycles. The van der Waals surface area contributed by atoms with Crippen molar-refractivity contribution in [1.82, 2.24) is 15.2 Å². The second-order valence-electron chi connectivity index (χ2n) is 7.44. The molecule has 2 aliphatic heterocycles. The van der Waals surface area contributed by atoms with Crippen LogP contribution in [0.3, 0.4) is 0 Å². The first-order chi connectivity index (χ1) is 12.4. The van der Waals surface area contributed by atoms with E-state index in [4.69, 9.17) is 11.6 Å². The molecule has 6 nitrogen and oxygen atoms in total. The number of hydrogen-bond acceptors (Lipinski definition) is 3. The minimum absolute atomic E-state index is 0.0174. The second-order valence-corrected chi connectivity index (χ2v) is 7.85. The van der Waals surface area contributed by atoms with Crippen LogP contribution in [0.15, 0.2) is 18.2 Å². The summed E-state index contributed by atoms with van der Waals surface area (Å²) in [5.41, 5.74) is 1.83. The average molecular weight is 376 g/mol. The van der Waals surface area contributed by atoms with Crippen molar-refractivity contribution < 1.29 is 14.7 Å². The van der Waals surface area contributed by atoms with E-state index in [0.717, 1.165) is 16.5 Å². The highest BCUT2D eigenvalue weighted by molar-refractivity contribution is 6.35. The summed E-state index contributed by atoms with van der Waals surface area (Å²) < 4.78 is 0. The van der Waals surface area contributed by atoms with Crippen LogP contribution in [0.1, 0.15) is 35.3 Å². The summed E-state index contributed by atoms with van der Waals surface area (Å²) >= 11 is 6.24. The molecule has 7 heteroatoms. The Hall–Kier alpha value is -2.05. The van der Waals surface area contributed by atoms with Gasteiger partial charge in [0.25, 0.3) is 5.91 Å². The van der Waals surface area contributed by atoms with E-state index in [1.807, 2.05) is 19.1 Å². The van der Waals surface area contributed by atoms with E-state index in [1.54, 1.807) is 11.0 Å². The minimum atomic E-state index is -0.550. The van der Waals surface area contributed by atoms with E-state index in [-0.39, 0.29) is 11.8 Å². The van der Waals surface area contributed by atoms with Crippen LogP contribution in [-0.2, 0) is 4.79 Å². The van der Waals surface area contributed by atoms with E-state index < -0.39 is 11.5 Å². The van der Waals surface area contributed by atoms with Gasteiger partial charge < -0.3 is 20.3 Å². The fraction of sp³-hybridized carbons (Fsp3) is 0.474. The lowest BCUT2D eigenvalue weighted by Gasteiger charge is -2.46. The highest BCUT2D eigenvalue weighted by Gasteiger charge is 2.45. The third-order valence-corrected chi connectivity index (χ3v) is 6.33. The molecule has 1 aromatic carbocycles. The Morgan fingerprint density at radius 2 is 2.08 bits per heavy atom. The van der Waals surface area contributed by atoms with Crippen LogP contribution in [-0.4, -0.2) is 52.5 Å². The predicted octanol–water partition coefficient (Wildman–Crippen LogP) is 2.23. The molecule has 26 heavy (non-hydrogen) atoms. The number of para-hydroxylation sites is 1. The third-order valence-electron chi connectivity index (χ3n) is 6.01. The zero-order valence-corrected chi connectivity index (χ0v) is 15.4. The number of aryl methyl sites for hydroxylation is 1. The van der Waals surface area contributed by atoms with E-state index in [2.05, 4.69) is 10.3 Å². The first-order valence-corrected chi connectivity index (χ1v) is 9.30. The molecule has 2 fully saturated rings. The molecule has 2 aromatic rings. The Labute approximate surface area is 156 Å². The van der Waals surface area contributed by atoms with Gasteiger partial charge in [-0.3, -0.25) is 9.59 Å². The second kappa shape index (κ2) is 6.28. The number of H-pyrrole nitrogens is 1. The lowest BCUT2D eigenvalue weighted by Crippen LogP contribution is -2.56. The monoisotopic (exact) mass is 375 g/mol. The summed E-state index contributed by atoms with van der Waals surface area (Å²) in [5.74, 6) is -0.0736. The number of piperidine rings is 2. The number of likely N-dealkylation sites (tertiary alicyclic amines) is 1. The maximum atomic E-state index is 13.0. The smallest absolute Gasteiger partial charge is 0.270 e. The number of aromatic nitrogens is 1. The van der Waals surface area contributed by atoms with E-state index >= 15 is 0 Å². The number of nitrogens with one attached hydrogen (secondary N) is 2. The van der Waals surface area contributed by atoms with Gasteiger partial charge in [0, 0.05) is 36.9 Å². The topological polar surface area (TPSA) is 85.4 Å². The molecule has 2 saturated heterocycles. The largest absolute Gasteiger partial charge is 0.391 e. The van der Waals surface area contributed by atoms with Gasteiger partial charge in [0.05, 0.1) is 16.6 Å². The molecule has 0 saturated carbocycles. The molecule has 4 rings (SSSR count). The van der Waals surface area contributed by atoms with Crippen LogP contribution >= 0.6 is 11.6 Å². The van der Waals surface area contributed by atoms with Crippen molar-refractivity contribution in [3.8, 4) is 0 Å². The van der Waals surface area contributed by atoms with Gasteiger partial charge in [-0.1, -0.05) is 23.7 Å². The lowest BCUT2D eigenvalue weighted by molar-refractivity contribution is -0.134. The van der Waals surface area contributed by atoms with E-state index in [1.165, 1.54) is 0 Å². The number of hydrogen-bond donors (Lipinski definition) is 3. The van der Waals surface area contributed by atoms with Crippen LogP contribution in [0.4, 0.5) is 0 Å². The van der Waals surface area contributed by atoms with Crippen LogP contribution < -0.4 is 5.32 Å². The zero-order chi connectivity index (χ0) is 18.5. The van der Waals surface area contributed by atoms with Crippen molar-refractivity contribution in [1.29, 1.82) is 0 Å². The fourth-order valence-electron chi connectivity index (χ4n) is 4.28. The number of nitrogens with zero attached hydrogens (tertiary/aromatic N) is 1. The Bertz CT molecular complexity index is 884. The van der Waals surface area contributed by atoms with E-state index in [0.29, 0.717) is 49.6 Å². The van der Waals surface area contributed by atoms with Gasteiger partial charge in [0.2, 0.25) is 5.91 Å². The van der Waals surface area contributed by atoms with Gasteiger partial charge in [0.15, 0.2) is 0 Å². The SMILES string of the molecule is Cc1c(C(=O)N2CCC3(CC2)CC(=O)NCC3O)[nH]c2c(Cl)cccc12. The quantitative estimate of drug-likeness (QED) is 0.714. The Kier molecular flexibility index (Phi) is 4.20. The average Bonchev–Trinajstić information content (AvgIpc) is 2.97. The number of aromatic amines is 1. The standard InChI is InChI=1S/C19H22ClN3O3/c1-11-12-3-2-4-13(20)17(12)22-16(11)18(26)23-7-5-19(6-8-23)9-15(25)21-10-14(19)24/h2-4,14,22,24H,5-10H2,1H3,(H,21,25). The third kappa shape index (κ3) is 2.68. The number of halogens is 1. The molecule has 1 spiro atoms. The summed E-state index contributed by atoms with van der Waals surface area (Å²) in [4.78, 5) is 29.8. The first kappa shape index (κ1) is 17.4. The van der Waals surface area contributed by atoms with Crippen molar-refractivity contribution in [3.05, 3.63) is 34.5 Å². The van der Waals surface area contributed by atoms with Crippen LogP contribution in [0.25, 0.3) is 10.9 Å². The molecular formula is C19H22ClN3O3. The number of β-amino-alcohol motifs (C(OH)–C–C–N with tert-alkyl or cyclic N) is 1. The Morgan fingerprint density at radius 3 is 2.77 bits per heavy atom. The highest BCUT2D eigenvalue weighted by Crippen LogP contribution is 2.40. The number of fused-ring (bicyclic) bond motifs is 1. The van der Waals surface area contributed by atoms with Crippen LogP contribution in [0.5, 0.6) is 0 Å². The zero-order valence-electron chi connectivity index (χ0n) is 14.6. The number of aliphatic hydroxyl groups excluding tert-OH is 1. The molecule has 1 unspecified atom stereocenters. The molecule has 0 bridgehead atoms. The van der Waals surface area contributed by atoms with E-state index in [9.17, 15) is 14.7 Å². The molecule has 138 valence electrons.